The van der Waals surface area contributed by atoms with Crippen molar-refractivity contribution in [1.29, 1.82) is 0 Å². The minimum absolute atomic E-state index is 0.400. The maximum Gasteiger partial charge on any atom is 0.167 e. The smallest absolute Gasteiger partial charge is 0.167 e. The van der Waals surface area contributed by atoms with Crippen LogP contribution in [0.5, 0.6) is 5.75 Å². The van der Waals surface area contributed by atoms with Crippen molar-refractivity contribution >= 4 is 11.0 Å². The Balaban J connectivity index is 2.84. The summed E-state index contributed by atoms with van der Waals surface area (Å²) in [6.07, 6.45) is 2.96. The van der Waals surface area contributed by atoms with Gasteiger partial charge in [-0.3, -0.25) is 9.97 Å². The first kappa shape index (κ1) is 6.97. The lowest BCUT2D eigenvalue weighted by Gasteiger charge is -1.97. The molecule has 2 aromatic rings. The molecule has 0 aliphatic carbocycles. The van der Waals surface area contributed by atoms with Gasteiger partial charge in [0.15, 0.2) is 11.6 Å². The molecule has 2 rings (SSSR count). The molecule has 0 amide bonds. The van der Waals surface area contributed by atoms with E-state index in [-0.39, 0.29) is 0 Å². The van der Waals surface area contributed by atoms with Gasteiger partial charge in [-0.25, -0.2) is 4.39 Å². The summed E-state index contributed by atoms with van der Waals surface area (Å²) in [7, 11) is 0. The van der Waals surface area contributed by atoms with E-state index in [9.17, 15) is 4.39 Å². The number of halogens is 1. The Hall–Kier alpha value is -1.71. The van der Waals surface area contributed by atoms with Crippen LogP contribution in [0.15, 0.2) is 24.5 Å². The Morgan fingerprint density at radius 3 is 2.33 bits per heavy atom. The fraction of sp³-hybridized carbons (Fsp3) is 0. The van der Waals surface area contributed by atoms with Gasteiger partial charge in [0.25, 0.3) is 0 Å². The van der Waals surface area contributed by atoms with E-state index in [0.29, 0.717) is 11.0 Å². The number of aromatic nitrogens is 2. The standard InChI is InChI=1S/C8H5FN2O/c9-5-3-6-7(4-8(5)12)11-2-1-10-6/h1-4,12H. The second kappa shape index (κ2) is 2.41. The molecule has 0 unspecified atom stereocenters. The van der Waals surface area contributed by atoms with Crippen LogP contribution in [0.4, 0.5) is 4.39 Å². The quantitative estimate of drug-likeness (QED) is 0.641. The highest BCUT2D eigenvalue weighted by Crippen LogP contribution is 2.19. The van der Waals surface area contributed by atoms with Gasteiger partial charge in [-0.1, -0.05) is 0 Å². The molecule has 0 radical (unpaired) electrons. The van der Waals surface area contributed by atoms with E-state index in [1.807, 2.05) is 0 Å². The number of hydrogen-bond acceptors (Lipinski definition) is 3. The normalized spacial score (nSPS) is 10.4. The van der Waals surface area contributed by atoms with Crippen molar-refractivity contribution in [3.63, 3.8) is 0 Å². The van der Waals surface area contributed by atoms with Gasteiger partial charge in [0.05, 0.1) is 11.0 Å². The number of benzene rings is 1. The van der Waals surface area contributed by atoms with Crippen LogP contribution in [0.2, 0.25) is 0 Å². The molecule has 1 N–H and O–H groups in total. The van der Waals surface area contributed by atoms with Crippen molar-refractivity contribution in [2.24, 2.45) is 0 Å². The van der Waals surface area contributed by atoms with Crippen molar-refractivity contribution in [3.05, 3.63) is 30.3 Å². The Morgan fingerprint density at radius 2 is 1.67 bits per heavy atom. The van der Waals surface area contributed by atoms with Gasteiger partial charge >= 0.3 is 0 Å². The summed E-state index contributed by atoms with van der Waals surface area (Å²) in [5, 5.41) is 8.97. The third-order valence-electron chi connectivity index (χ3n) is 1.54. The molecule has 1 heterocycles. The zero-order valence-electron chi connectivity index (χ0n) is 6.03. The number of phenols is 1. The van der Waals surface area contributed by atoms with Crippen molar-refractivity contribution in [3.8, 4) is 5.75 Å². The highest BCUT2D eigenvalue weighted by Gasteiger charge is 2.03. The maximum absolute atomic E-state index is 12.7. The largest absolute Gasteiger partial charge is 0.505 e. The first-order valence-corrected chi connectivity index (χ1v) is 3.36. The number of fused-ring (bicyclic) bond motifs is 1. The molecule has 12 heavy (non-hydrogen) atoms. The molecule has 0 bridgehead atoms. The van der Waals surface area contributed by atoms with Gasteiger partial charge in [0, 0.05) is 24.5 Å². The van der Waals surface area contributed by atoms with Crippen LogP contribution in [-0.2, 0) is 0 Å². The summed E-state index contributed by atoms with van der Waals surface area (Å²) in [6, 6.07) is 2.40. The lowest BCUT2D eigenvalue weighted by atomic mass is 10.3. The van der Waals surface area contributed by atoms with E-state index in [4.69, 9.17) is 5.11 Å². The molecule has 4 heteroatoms. The monoisotopic (exact) mass is 164 g/mol. The zero-order valence-corrected chi connectivity index (χ0v) is 6.03. The van der Waals surface area contributed by atoms with E-state index in [0.717, 1.165) is 6.07 Å². The van der Waals surface area contributed by atoms with Crippen molar-refractivity contribution in [1.82, 2.24) is 9.97 Å². The SMILES string of the molecule is Oc1cc2nccnc2cc1F. The van der Waals surface area contributed by atoms with Gasteiger partial charge in [-0.05, 0) is 0 Å². The van der Waals surface area contributed by atoms with Crippen molar-refractivity contribution in [2.45, 2.75) is 0 Å². The predicted octanol–water partition coefficient (Wildman–Crippen LogP) is 1.47. The van der Waals surface area contributed by atoms with Crippen molar-refractivity contribution < 1.29 is 9.50 Å². The van der Waals surface area contributed by atoms with Gasteiger partial charge in [0.1, 0.15) is 0 Å². The molecule has 0 aliphatic heterocycles. The molecular weight excluding hydrogens is 159 g/mol. The Bertz CT molecular complexity index is 390. The van der Waals surface area contributed by atoms with E-state index in [2.05, 4.69) is 9.97 Å². The molecule has 0 saturated carbocycles. The zero-order chi connectivity index (χ0) is 8.55. The molecule has 0 atom stereocenters. The van der Waals surface area contributed by atoms with E-state index < -0.39 is 11.6 Å². The minimum Gasteiger partial charge on any atom is -0.505 e. The molecule has 1 aromatic carbocycles. The first-order chi connectivity index (χ1) is 5.77. The van der Waals surface area contributed by atoms with E-state index >= 15 is 0 Å². The Kier molecular flexibility index (Phi) is 1.40. The Morgan fingerprint density at radius 1 is 1.08 bits per heavy atom. The average molecular weight is 164 g/mol. The fourth-order valence-corrected chi connectivity index (χ4v) is 0.974. The molecule has 1 aromatic heterocycles. The summed E-state index contributed by atoms with van der Waals surface area (Å²) in [4.78, 5) is 7.76. The van der Waals surface area contributed by atoms with Crippen LogP contribution in [0.25, 0.3) is 11.0 Å². The summed E-state index contributed by atoms with van der Waals surface area (Å²) >= 11 is 0. The topological polar surface area (TPSA) is 46.0 Å². The lowest BCUT2D eigenvalue weighted by Crippen LogP contribution is -1.84. The molecule has 0 aliphatic rings. The number of rotatable bonds is 0. The molecule has 0 fully saturated rings. The fourth-order valence-electron chi connectivity index (χ4n) is 0.974. The summed E-state index contributed by atoms with van der Waals surface area (Å²) < 4.78 is 12.7. The van der Waals surface area contributed by atoms with Crippen LogP contribution in [0.3, 0.4) is 0 Å². The predicted molar refractivity (Wildman–Crippen MR) is 41.2 cm³/mol. The molecule has 60 valence electrons. The third-order valence-corrected chi connectivity index (χ3v) is 1.54. The molecular formula is C8H5FN2O. The second-order valence-electron chi connectivity index (χ2n) is 2.35. The number of nitrogens with zero attached hydrogens (tertiary/aromatic N) is 2. The minimum atomic E-state index is -0.678. The first-order valence-electron chi connectivity index (χ1n) is 3.36. The maximum atomic E-state index is 12.7. The van der Waals surface area contributed by atoms with Crippen LogP contribution < -0.4 is 0 Å². The van der Waals surface area contributed by atoms with Gasteiger partial charge in [-0.15, -0.1) is 0 Å². The summed E-state index contributed by atoms with van der Waals surface area (Å²) in [5.74, 6) is -1.08. The van der Waals surface area contributed by atoms with Crippen LogP contribution in [0, 0.1) is 5.82 Å². The van der Waals surface area contributed by atoms with E-state index in [1.54, 1.807) is 0 Å². The van der Waals surface area contributed by atoms with Gasteiger partial charge in [0.2, 0.25) is 0 Å². The highest BCUT2D eigenvalue weighted by atomic mass is 19.1. The van der Waals surface area contributed by atoms with Gasteiger partial charge in [-0.2, -0.15) is 0 Å². The van der Waals surface area contributed by atoms with Crippen LogP contribution in [0.1, 0.15) is 0 Å². The second-order valence-corrected chi connectivity index (χ2v) is 2.35. The number of aromatic hydroxyl groups is 1. The highest BCUT2D eigenvalue weighted by molar-refractivity contribution is 5.75. The van der Waals surface area contributed by atoms with Crippen molar-refractivity contribution in [2.75, 3.05) is 0 Å². The average Bonchev–Trinajstić information content (AvgIpc) is 2.07. The molecule has 0 saturated heterocycles. The summed E-state index contributed by atoms with van der Waals surface area (Å²) in [5.41, 5.74) is 0.921. The number of hydrogen-bond donors (Lipinski definition) is 1. The van der Waals surface area contributed by atoms with Crippen LogP contribution >= 0.6 is 0 Å². The Labute approximate surface area is 67.5 Å². The lowest BCUT2D eigenvalue weighted by molar-refractivity contribution is 0.433. The van der Waals surface area contributed by atoms with Gasteiger partial charge < -0.3 is 5.11 Å². The molecule has 3 nitrogen and oxygen atoms in total. The van der Waals surface area contributed by atoms with E-state index in [1.165, 1.54) is 18.5 Å². The molecule has 0 spiro atoms. The van der Waals surface area contributed by atoms with Crippen LogP contribution in [-0.4, -0.2) is 15.1 Å². The number of phenolic OH excluding ortho intramolecular Hbond substituents is 1. The third kappa shape index (κ3) is 0.972. The summed E-state index contributed by atoms with van der Waals surface area (Å²) in [6.45, 7) is 0.